The average molecular weight is 219 g/mol. The summed E-state index contributed by atoms with van der Waals surface area (Å²) >= 11 is 0. The zero-order chi connectivity index (χ0) is 12.1. The second-order valence-corrected chi connectivity index (χ2v) is 2.78. The number of hydrogen-bond acceptors (Lipinski definition) is 1. The number of alkyl halides is 3. The molecule has 86 valence electrons. The number of halogens is 3. The molecule has 0 fully saturated rings. The summed E-state index contributed by atoms with van der Waals surface area (Å²) in [5.41, 5.74) is 0.344. The molecule has 0 aliphatic carbocycles. The van der Waals surface area contributed by atoms with Gasteiger partial charge in [-0.1, -0.05) is 13.8 Å². The fourth-order valence-electron chi connectivity index (χ4n) is 1.14. The highest BCUT2D eigenvalue weighted by molar-refractivity contribution is 5.48. The normalized spacial score (nSPS) is 10.3. The Labute approximate surface area is 88.3 Å². The summed E-state index contributed by atoms with van der Waals surface area (Å²) in [6.07, 6.45) is -4.25. The Hall–Kier alpha value is -1.19. The Balaban J connectivity index is 0.000000921. The minimum atomic E-state index is -4.25. The maximum Gasteiger partial charge on any atom is 0.416 e. The van der Waals surface area contributed by atoms with Crippen molar-refractivity contribution in [2.24, 2.45) is 0 Å². The topological polar surface area (TPSA) is 12.0 Å². The summed E-state index contributed by atoms with van der Waals surface area (Å²) in [5.74, 6) is 0. The van der Waals surface area contributed by atoms with Crippen LogP contribution < -0.4 is 5.32 Å². The van der Waals surface area contributed by atoms with E-state index in [2.05, 4.69) is 5.32 Å². The highest BCUT2D eigenvalue weighted by Crippen LogP contribution is 2.32. The lowest BCUT2D eigenvalue weighted by Gasteiger charge is -2.11. The summed E-state index contributed by atoms with van der Waals surface area (Å²) in [4.78, 5) is 0. The summed E-state index contributed by atoms with van der Waals surface area (Å²) in [6, 6.07) is 3.97. The molecule has 0 bridgehead atoms. The molecule has 0 heterocycles. The van der Waals surface area contributed by atoms with E-state index in [9.17, 15) is 13.2 Å². The molecule has 0 saturated carbocycles. The first-order valence-corrected chi connectivity index (χ1v) is 4.80. The summed E-state index contributed by atoms with van der Waals surface area (Å²) in [5, 5.41) is 2.78. The monoisotopic (exact) mass is 219 g/mol. The first-order chi connectivity index (χ1) is 6.95. The van der Waals surface area contributed by atoms with Crippen LogP contribution in [0, 0.1) is 6.92 Å². The van der Waals surface area contributed by atoms with E-state index in [0.717, 1.165) is 6.07 Å². The van der Waals surface area contributed by atoms with E-state index in [-0.39, 0.29) is 5.56 Å². The van der Waals surface area contributed by atoms with Gasteiger partial charge in [0.2, 0.25) is 0 Å². The lowest BCUT2D eigenvalue weighted by molar-refractivity contribution is -0.138. The van der Waals surface area contributed by atoms with Crippen molar-refractivity contribution in [2.75, 3.05) is 12.4 Å². The minimum Gasteiger partial charge on any atom is -0.388 e. The molecule has 15 heavy (non-hydrogen) atoms. The lowest BCUT2D eigenvalue weighted by Crippen LogP contribution is -2.07. The summed E-state index contributed by atoms with van der Waals surface area (Å²) < 4.78 is 36.8. The molecule has 1 nitrogen and oxygen atoms in total. The van der Waals surface area contributed by atoms with Crippen LogP contribution in [0.15, 0.2) is 18.2 Å². The smallest absolute Gasteiger partial charge is 0.388 e. The first-order valence-electron chi connectivity index (χ1n) is 4.80. The van der Waals surface area contributed by atoms with Crippen molar-refractivity contribution in [1.82, 2.24) is 0 Å². The molecule has 0 aliphatic heterocycles. The molecule has 0 atom stereocenters. The maximum absolute atomic E-state index is 12.3. The molecule has 1 N–H and O–H groups in total. The van der Waals surface area contributed by atoms with Crippen molar-refractivity contribution in [3.8, 4) is 0 Å². The molecule has 0 unspecified atom stereocenters. The van der Waals surface area contributed by atoms with Gasteiger partial charge in [0, 0.05) is 12.7 Å². The van der Waals surface area contributed by atoms with Gasteiger partial charge in [0.05, 0.1) is 5.56 Å². The number of benzene rings is 1. The Morgan fingerprint density at radius 3 is 2.00 bits per heavy atom. The molecule has 0 saturated heterocycles. The molecule has 0 amide bonds. The van der Waals surface area contributed by atoms with Crippen molar-refractivity contribution in [3.63, 3.8) is 0 Å². The highest BCUT2D eigenvalue weighted by atomic mass is 19.4. The third kappa shape index (κ3) is 3.81. The van der Waals surface area contributed by atoms with Crippen LogP contribution in [0.2, 0.25) is 0 Å². The average Bonchev–Trinajstić information content (AvgIpc) is 2.18. The summed E-state index contributed by atoms with van der Waals surface area (Å²) in [6.45, 7) is 5.45. The summed E-state index contributed by atoms with van der Waals surface area (Å²) in [7, 11) is 1.67. The Bertz CT molecular complexity index is 305. The molecule has 0 spiro atoms. The van der Waals surface area contributed by atoms with Crippen LogP contribution >= 0.6 is 0 Å². The molecule has 1 aromatic rings. The standard InChI is InChI=1S/C9H10F3N.C2H6/c1-6-5-7(13-2)3-4-8(6)9(10,11)12;1-2/h3-5,13H,1-2H3;1-2H3. The Morgan fingerprint density at radius 2 is 1.67 bits per heavy atom. The van der Waals surface area contributed by atoms with Gasteiger partial charge in [0.15, 0.2) is 0 Å². The molecule has 0 aromatic heterocycles. The SMILES string of the molecule is CC.CNc1ccc(C(F)(F)F)c(C)c1. The predicted molar refractivity (Wildman–Crippen MR) is 57.1 cm³/mol. The number of anilines is 1. The third-order valence-electron chi connectivity index (χ3n) is 1.82. The van der Waals surface area contributed by atoms with Crippen LogP contribution in [0.5, 0.6) is 0 Å². The zero-order valence-corrected chi connectivity index (χ0v) is 9.37. The van der Waals surface area contributed by atoms with Gasteiger partial charge in [-0.05, 0) is 30.7 Å². The molecular weight excluding hydrogens is 203 g/mol. The van der Waals surface area contributed by atoms with Gasteiger partial charge in [0.25, 0.3) is 0 Å². The van der Waals surface area contributed by atoms with Crippen LogP contribution in [-0.2, 0) is 6.18 Å². The Kier molecular flexibility index (Phi) is 5.19. The fourth-order valence-corrected chi connectivity index (χ4v) is 1.14. The number of hydrogen-bond donors (Lipinski definition) is 1. The lowest BCUT2D eigenvalue weighted by atomic mass is 10.1. The maximum atomic E-state index is 12.3. The first kappa shape index (κ1) is 13.8. The largest absolute Gasteiger partial charge is 0.416 e. The quantitative estimate of drug-likeness (QED) is 0.750. The van der Waals surface area contributed by atoms with Crippen LogP contribution in [0.3, 0.4) is 0 Å². The van der Waals surface area contributed by atoms with Crippen molar-refractivity contribution in [3.05, 3.63) is 29.3 Å². The van der Waals surface area contributed by atoms with Crippen molar-refractivity contribution in [2.45, 2.75) is 26.9 Å². The van der Waals surface area contributed by atoms with E-state index < -0.39 is 11.7 Å². The van der Waals surface area contributed by atoms with Crippen LogP contribution in [0.4, 0.5) is 18.9 Å². The minimum absolute atomic E-state index is 0.236. The molecule has 4 heteroatoms. The van der Waals surface area contributed by atoms with E-state index in [0.29, 0.717) is 5.69 Å². The van der Waals surface area contributed by atoms with Crippen molar-refractivity contribution in [1.29, 1.82) is 0 Å². The van der Waals surface area contributed by atoms with Crippen molar-refractivity contribution < 1.29 is 13.2 Å². The van der Waals surface area contributed by atoms with Gasteiger partial charge in [-0.25, -0.2) is 0 Å². The predicted octanol–water partition coefficient (Wildman–Crippen LogP) is 4.08. The second kappa shape index (κ2) is 5.63. The number of rotatable bonds is 1. The second-order valence-electron chi connectivity index (χ2n) is 2.78. The molecule has 0 aliphatic rings. The molecular formula is C11H16F3N. The molecule has 1 aromatic carbocycles. The van der Waals surface area contributed by atoms with E-state index in [1.54, 1.807) is 7.05 Å². The number of nitrogens with one attached hydrogen (secondary N) is 1. The highest BCUT2D eigenvalue weighted by Gasteiger charge is 2.31. The van der Waals surface area contributed by atoms with E-state index in [1.807, 2.05) is 13.8 Å². The molecule has 0 radical (unpaired) electrons. The van der Waals surface area contributed by atoms with Crippen LogP contribution in [0.1, 0.15) is 25.0 Å². The van der Waals surface area contributed by atoms with Crippen LogP contribution in [0.25, 0.3) is 0 Å². The fraction of sp³-hybridized carbons (Fsp3) is 0.455. The van der Waals surface area contributed by atoms with Gasteiger partial charge in [-0.2, -0.15) is 13.2 Å². The van der Waals surface area contributed by atoms with E-state index in [1.165, 1.54) is 19.1 Å². The van der Waals surface area contributed by atoms with Gasteiger partial charge < -0.3 is 5.32 Å². The van der Waals surface area contributed by atoms with E-state index >= 15 is 0 Å². The van der Waals surface area contributed by atoms with Gasteiger partial charge >= 0.3 is 6.18 Å². The van der Waals surface area contributed by atoms with Gasteiger partial charge in [-0.3, -0.25) is 0 Å². The van der Waals surface area contributed by atoms with Gasteiger partial charge in [-0.15, -0.1) is 0 Å². The Morgan fingerprint density at radius 1 is 1.13 bits per heavy atom. The zero-order valence-electron chi connectivity index (χ0n) is 9.37. The third-order valence-corrected chi connectivity index (χ3v) is 1.82. The van der Waals surface area contributed by atoms with Gasteiger partial charge in [0.1, 0.15) is 0 Å². The molecule has 1 rings (SSSR count). The van der Waals surface area contributed by atoms with Crippen molar-refractivity contribution >= 4 is 5.69 Å². The van der Waals surface area contributed by atoms with E-state index in [4.69, 9.17) is 0 Å². The number of aryl methyl sites for hydroxylation is 1. The van der Waals surface area contributed by atoms with Crippen LogP contribution in [-0.4, -0.2) is 7.05 Å².